The van der Waals surface area contributed by atoms with Gasteiger partial charge in [-0.15, -0.1) is 5.10 Å². The lowest BCUT2D eigenvalue weighted by Gasteiger charge is -2.08. The standard InChI is InChI=1S/C18H19F2N5O2/c1-18(19,20)9-5-6-10-25-22-11-14(24-25)23-17(26)15-16(27-12-21-15)13-7-3-2-4-8-13/h2-4,7-8,11-12H,5-6,9-10H2,1H3,(H,23,24,26). The Morgan fingerprint density at radius 2 is 2.04 bits per heavy atom. The third-order valence-corrected chi connectivity index (χ3v) is 3.82. The maximum atomic E-state index is 12.8. The Labute approximate surface area is 154 Å². The number of carbonyl (C=O) groups excluding carboxylic acids is 1. The van der Waals surface area contributed by atoms with Crippen molar-refractivity contribution >= 4 is 11.7 Å². The van der Waals surface area contributed by atoms with Crippen LogP contribution < -0.4 is 5.32 Å². The van der Waals surface area contributed by atoms with Gasteiger partial charge in [0.1, 0.15) is 0 Å². The predicted molar refractivity (Wildman–Crippen MR) is 94.4 cm³/mol. The molecule has 27 heavy (non-hydrogen) atoms. The highest BCUT2D eigenvalue weighted by Crippen LogP contribution is 2.23. The van der Waals surface area contributed by atoms with Gasteiger partial charge in [-0.25, -0.2) is 13.8 Å². The van der Waals surface area contributed by atoms with Crippen LogP contribution in [0.4, 0.5) is 14.6 Å². The first-order valence-corrected chi connectivity index (χ1v) is 8.50. The quantitative estimate of drug-likeness (QED) is 0.601. The molecule has 9 heteroatoms. The molecule has 0 fully saturated rings. The van der Waals surface area contributed by atoms with Gasteiger partial charge < -0.3 is 9.73 Å². The smallest absolute Gasteiger partial charge is 0.279 e. The summed E-state index contributed by atoms with van der Waals surface area (Å²) in [6.07, 6.45) is 3.32. The number of anilines is 1. The van der Waals surface area contributed by atoms with Gasteiger partial charge in [0.25, 0.3) is 5.91 Å². The average Bonchev–Trinajstić information content (AvgIpc) is 3.28. The molecule has 0 aliphatic carbocycles. The molecule has 2 aromatic heterocycles. The molecule has 1 amide bonds. The topological polar surface area (TPSA) is 85.8 Å². The van der Waals surface area contributed by atoms with Crippen LogP contribution in [0.5, 0.6) is 0 Å². The van der Waals surface area contributed by atoms with Gasteiger partial charge in [-0.3, -0.25) is 4.79 Å². The maximum absolute atomic E-state index is 12.8. The molecule has 0 unspecified atom stereocenters. The summed E-state index contributed by atoms with van der Waals surface area (Å²) < 4.78 is 30.9. The molecular formula is C18H19F2N5O2. The number of aryl methyl sites for hydroxylation is 1. The Bertz CT molecular complexity index is 887. The summed E-state index contributed by atoms with van der Waals surface area (Å²) in [5.74, 6) is -2.52. The number of nitrogens with zero attached hydrogens (tertiary/aromatic N) is 4. The van der Waals surface area contributed by atoms with Crippen LogP contribution in [-0.2, 0) is 6.54 Å². The fourth-order valence-corrected chi connectivity index (χ4v) is 2.53. The molecule has 0 aliphatic heterocycles. The molecule has 1 N–H and O–H groups in total. The van der Waals surface area contributed by atoms with E-state index in [-0.39, 0.29) is 17.9 Å². The number of aromatic nitrogens is 4. The van der Waals surface area contributed by atoms with E-state index in [1.54, 1.807) is 0 Å². The first kappa shape index (κ1) is 18.7. The van der Waals surface area contributed by atoms with Crippen LogP contribution in [-0.4, -0.2) is 31.8 Å². The number of halogens is 2. The molecule has 0 bridgehead atoms. The minimum absolute atomic E-state index is 0.140. The Morgan fingerprint density at radius 1 is 1.26 bits per heavy atom. The highest BCUT2D eigenvalue weighted by Gasteiger charge is 2.20. The van der Waals surface area contributed by atoms with Crippen molar-refractivity contribution in [3.05, 3.63) is 48.6 Å². The van der Waals surface area contributed by atoms with E-state index in [2.05, 4.69) is 20.5 Å². The fourth-order valence-electron chi connectivity index (χ4n) is 2.53. The van der Waals surface area contributed by atoms with Crippen molar-refractivity contribution < 1.29 is 18.0 Å². The normalized spacial score (nSPS) is 11.5. The van der Waals surface area contributed by atoms with E-state index >= 15 is 0 Å². The second-order valence-corrected chi connectivity index (χ2v) is 6.20. The summed E-state index contributed by atoms with van der Waals surface area (Å²) in [5, 5.41) is 10.8. The number of benzene rings is 1. The molecule has 142 valence electrons. The Kier molecular flexibility index (Phi) is 5.58. The van der Waals surface area contributed by atoms with Gasteiger partial charge in [-0.2, -0.15) is 9.90 Å². The number of amides is 1. The summed E-state index contributed by atoms with van der Waals surface area (Å²) in [6, 6.07) is 9.15. The monoisotopic (exact) mass is 375 g/mol. The number of rotatable bonds is 8. The van der Waals surface area contributed by atoms with Crippen LogP contribution in [0.2, 0.25) is 0 Å². The van der Waals surface area contributed by atoms with E-state index in [0.717, 1.165) is 12.5 Å². The zero-order chi connectivity index (χ0) is 19.3. The van der Waals surface area contributed by atoms with Gasteiger partial charge in [0, 0.05) is 12.0 Å². The van der Waals surface area contributed by atoms with Crippen molar-refractivity contribution in [1.82, 2.24) is 20.0 Å². The third-order valence-electron chi connectivity index (χ3n) is 3.82. The molecule has 0 spiro atoms. The molecule has 2 heterocycles. The Balaban J connectivity index is 1.58. The maximum Gasteiger partial charge on any atom is 0.279 e. The first-order chi connectivity index (χ1) is 12.9. The van der Waals surface area contributed by atoms with Gasteiger partial charge in [-0.05, 0) is 19.8 Å². The molecule has 3 rings (SSSR count). The lowest BCUT2D eigenvalue weighted by atomic mass is 10.1. The fraction of sp³-hybridized carbons (Fsp3) is 0.333. The highest BCUT2D eigenvalue weighted by molar-refractivity contribution is 6.05. The lowest BCUT2D eigenvalue weighted by Crippen LogP contribution is -2.14. The van der Waals surface area contributed by atoms with Crippen LogP contribution in [0.25, 0.3) is 11.3 Å². The van der Waals surface area contributed by atoms with Gasteiger partial charge in [0.15, 0.2) is 23.7 Å². The SMILES string of the molecule is CC(F)(F)CCCCn1ncc(NC(=O)c2ncoc2-c2ccccc2)n1. The lowest BCUT2D eigenvalue weighted by molar-refractivity contribution is 0.0101. The van der Waals surface area contributed by atoms with Crippen molar-refractivity contribution in [2.45, 2.75) is 38.7 Å². The number of hydrogen-bond donors (Lipinski definition) is 1. The largest absolute Gasteiger partial charge is 0.443 e. The number of alkyl halides is 2. The van der Waals surface area contributed by atoms with Crippen LogP contribution >= 0.6 is 0 Å². The molecule has 0 saturated heterocycles. The Morgan fingerprint density at radius 3 is 2.78 bits per heavy atom. The molecular weight excluding hydrogens is 356 g/mol. The average molecular weight is 375 g/mol. The van der Waals surface area contributed by atoms with Crippen molar-refractivity contribution in [3.8, 4) is 11.3 Å². The molecule has 0 aliphatic rings. The molecule has 1 aromatic carbocycles. The molecule has 7 nitrogen and oxygen atoms in total. The number of carbonyl (C=O) groups is 1. The summed E-state index contributed by atoms with van der Waals surface area (Å²) in [5.41, 5.74) is 0.873. The van der Waals surface area contributed by atoms with Gasteiger partial charge >= 0.3 is 0 Å². The van der Waals surface area contributed by atoms with E-state index in [1.165, 1.54) is 17.4 Å². The summed E-state index contributed by atoms with van der Waals surface area (Å²) in [7, 11) is 0. The van der Waals surface area contributed by atoms with E-state index in [0.29, 0.717) is 25.1 Å². The van der Waals surface area contributed by atoms with Crippen molar-refractivity contribution in [2.75, 3.05) is 5.32 Å². The molecule has 0 saturated carbocycles. The minimum Gasteiger partial charge on any atom is -0.443 e. The molecule has 3 aromatic rings. The van der Waals surface area contributed by atoms with Gasteiger partial charge in [-0.1, -0.05) is 30.3 Å². The molecule has 0 radical (unpaired) electrons. The van der Waals surface area contributed by atoms with Crippen LogP contribution in [0.3, 0.4) is 0 Å². The van der Waals surface area contributed by atoms with Gasteiger partial charge in [0.05, 0.1) is 12.7 Å². The van der Waals surface area contributed by atoms with Crippen molar-refractivity contribution in [1.29, 1.82) is 0 Å². The summed E-state index contributed by atoms with van der Waals surface area (Å²) >= 11 is 0. The van der Waals surface area contributed by atoms with E-state index in [1.807, 2.05) is 30.3 Å². The van der Waals surface area contributed by atoms with E-state index in [4.69, 9.17) is 4.42 Å². The first-order valence-electron chi connectivity index (χ1n) is 8.50. The predicted octanol–water partition coefficient (Wildman–Crippen LogP) is 4.01. The summed E-state index contributed by atoms with van der Waals surface area (Å²) in [6.45, 7) is 1.30. The minimum atomic E-state index is -2.66. The number of oxazole rings is 1. The van der Waals surface area contributed by atoms with Gasteiger partial charge in [0.2, 0.25) is 5.92 Å². The van der Waals surface area contributed by atoms with Crippen LogP contribution in [0.15, 0.2) is 47.3 Å². The Hall–Kier alpha value is -3.10. The van der Waals surface area contributed by atoms with Crippen LogP contribution in [0, 0.1) is 0 Å². The number of hydrogen-bond acceptors (Lipinski definition) is 5. The zero-order valence-electron chi connectivity index (χ0n) is 14.7. The van der Waals surface area contributed by atoms with E-state index in [9.17, 15) is 13.6 Å². The number of unbranched alkanes of at least 4 members (excludes halogenated alkanes) is 1. The summed E-state index contributed by atoms with van der Waals surface area (Å²) in [4.78, 5) is 17.8. The third kappa shape index (κ3) is 5.19. The highest BCUT2D eigenvalue weighted by atomic mass is 19.3. The number of nitrogens with one attached hydrogen (secondary N) is 1. The zero-order valence-corrected chi connectivity index (χ0v) is 14.7. The van der Waals surface area contributed by atoms with Crippen molar-refractivity contribution in [3.63, 3.8) is 0 Å². The van der Waals surface area contributed by atoms with Crippen LogP contribution in [0.1, 0.15) is 36.7 Å². The van der Waals surface area contributed by atoms with Crippen molar-refractivity contribution in [2.24, 2.45) is 0 Å². The van der Waals surface area contributed by atoms with E-state index < -0.39 is 11.8 Å². The second-order valence-electron chi connectivity index (χ2n) is 6.20. The second kappa shape index (κ2) is 8.07. The molecule has 0 atom stereocenters.